The van der Waals surface area contributed by atoms with E-state index >= 15 is 0 Å². The maximum Gasteiger partial charge on any atom is 0.119 e. The van der Waals surface area contributed by atoms with Gasteiger partial charge in [-0.25, -0.2) is 0 Å². The van der Waals surface area contributed by atoms with Gasteiger partial charge in [0.15, 0.2) is 0 Å². The summed E-state index contributed by atoms with van der Waals surface area (Å²) in [4.78, 5) is 2.43. The van der Waals surface area contributed by atoms with Crippen molar-refractivity contribution in [3.63, 3.8) is 0 Å². The van der Waals surface area contributed by atoms with Crippen LogP contribution in [0.4, 0.5) is 0 Å². The van der Waals surface area contributed by atoms with Gasteiger partial charge in [0.05, 0.1) is 0 Å². The molecular formula is C24H30N2O2. The van der Waals surface area contributed by atoms with Gasteiger partial charge in [-0.1, -0.05) is 48.5 Å². The Morgan fingerprint density at radius 1 is 0.964 bits per heavy atom. The van der Waals surface area contributed by atoms with E-state index < -0.39 is 6.10 Å². The fourth-order valence-corrected chi connectivity index (χ4v) is 5.16. The molecule has 2 aromatic carbocycles. The third kappa shape index (κ3) is 3.95. The highest BCUT2D eigenvalue weighted by Crippen LogP contribution is 2.46. The Morgan fingerprint density at radius 3 is 2.36 bits per heavy atom. The fraction of sp³-hybridized carbons (Fsp3) is 0.500. The summed E-state index contributed by atoms with van der Waals surface area (Å²) < 4.78 is 5.69. The maximum absolute atomic E-state index is 10.4. The van der Waals surface area contributed by atoms with Crippen LogP contribution in [0, 0.1) is 11.8 Å². The van der Waals surface area contributed by atoms with Gasteiger partial charge in [-0.05, 0) is 42.4 Å². The van der Waals surface area contributed by atoms with Crippen LogP contribution in [0.5, 0.6) is 5.75 Å². The number of aliphatic hydroxyl groups excluding tert-OH is 1. The minimum Gasteiger partial charge on any atom is -0.491 e. The maximum atomic E-state index is 10.4. The minimum atomic E-state index is -0.435. The molecule has 2 saturated carbocycles. The number of hydrogen-bond donors (Lipinski definition) is 2. The fourth-order valence-electron chi connectivity index (χ4n) is 5.16. The van der Waals surface area contributed by atoms with E-state index in [1.807, 2.05) is 30.3 Å². The Balaban J connectivity index is 1.05. The monoisotopic (exact) mass is 378 g/mol. The molecule has 2 N–H and O–H groups in total. The van der Waals surface area contributed by atoms with Crippen LogP contribution in [0.25, 0.3) is 0 Å². The van der Waals surface area contributed by atoms with Crippen molar-refractivity contribution in [2.75, 3.05) is 26.2 Å². The number of fused-ring (bicyclic) bond motifs is 2. The second kappa shape index (κ2) is 7.86. The molecule has 2 bridgehead atoms. The first-order valence-electron chi connectivity index (χ1n) is 10.7. The van der Waals surface area contributed by atoms with E-state index in [0.29, 0.717) is 31.2 Å². The molecule has 4 aliphatic rings. The highest BCUT2D eigenvalue weighted by atomic mass is 16.5. The lowest BCUT2D eigenvalue weighted by Crippen LogP contribution is -2.64. The van der Waals surface area contributed by atoms with Crippen molar-refractivity contribution >= 4 is 0 Å². The zero-order chi connectivity index (χ0) is 18.9. The molecule has 0 radical (unpaired) electrons. The summed E-state index contributed by atoms with van der Waals surface area (Å²) in [6.45, 7) is 3.26. The van der Waals surface area contributed by atoms with E-state index in [1.165, 1.54) is 18.4 Å². The van der Waals surface area contributed by atoms with Gasteiger partial charge in [0.2, 0.25) is 0 Å². The number of piperidine rings is 2. The predicted molar refractivity (Wildman–Crippen MR) is 110 cm³/mol. The summed E-state index contributed by atoms with van der Waals surface area (Å²) in [5, 5.41) is 14.3. The van der Waals surface area contributed by atoms with Crippen molar-refractivity contribution in [3.05, 3.63) is 66.2 Å². The number of ether oxygens (including phenoxy) is 1. The summed E-state index contributed by atoms with van der Waals surface area (Å²) in [6, 6.07) is 22.0. The number of aliphatic hydroxyl groups is 1. The Labute approximate surface area is 167 Å². The van der Waals surface area contributed by atoms with Gasteiger partial charge in [0.1, 0.15) is 18.5 Å². The predicted octanol–water partition coefficient (Wildman–Crippen LogP) is 2.89. The zero-order valence-corrected chi connectivity index (χ0v) is 16.3. The average molecular weight is 379 g/mol. The first-order chi connectivity index (χ1) is 13.8. The summed E-state index contributed by atoms with van der Waals surface area (Å²) >= 11 is 0. The molecule has 2 aliphatic carbocycles. The van der Waals surface area contributed by atoms with Gasteiger partial charge < -0.3 is 15.2 Å². The molecule has 4 nitrogen and oxygen atoms in total. The molecule has 4 heteroatoms. The molecule has 0 spiro atoms. The van der Waals surface area contributed by atoms with Crippen LogP contribution in [0.3, 0.4) is 0 Å². The van der Waals surface area contributed by atoms with Crippen molar-refractivity contribution < 1.29 is 9.84 Å². The molecule has 28 heavy (non-hydrogen) atoms. The third-order valence-corrected chi connectivity index (χ3v) is 6.69. The Kier molecular flexibility index (Phi) is 5.10. The number of nitrogens with one attached hydrogen (secondary N) is 1. The molecule has 2 heterocycles. The van der Waals surface area contributed by atoms with E-state index in [4.69, 9.17) is 4.74 Å². The molecule has 2 aromatic rings. The molecule has 6 rings (SSSR count). The number of nitrogens with zero attached hydrogens (tertiary/aromatic N) is 1. The highest BCUT2D eigenvalue weighted by Gasteiger charge is 2.50. The first kappa shape index (κ1) is 18.2. The van der Waals surface area contributed by atoms with Crippen LogP contribution >= 0.6 is 0 Å². The molecule has 6 atom stereocenters. The number of para-hydroxylation sites is 1. The van der Waals surface area contributed by atoms with Crippen molar-refractivity contribution in [1.29, 1.82) is 0 Å². The van der Waals surface area contributed by atoms with Crippen LogP contribution in [-0.2, 0) is 0 Å². The topological polar surface area (TPSA) is 44.7 Å². The molecule has 0 amide bonds. The van der Waals surface area contributed by atoms with E-state index in [1.54, 1.807) is 0 Å². The van der Waals surface area contributed by atoms with Crippen molar-refractivity contribution in [3.8, 4) is 5.75 Å². The highest BCUT2D eigenvalue weighted by molar-refractivity contribution is 5.28. The zero-order valence-electron chi connectivity index (χ0n) is 16.3. The third-order valence-electron chi connectivity index (χ3n) is 6.69. The van der Waals surface area contributed by atoms with Crippen LogP contribution in [0.2, 0.25) is 0 Å². The van der Waals surface area contributed by atoms with Gasteiger partial charge in [0, 0.05) is 37.6 Å². The second-order valence-electron chi connectivity index (χ2n) is 8.80. The van der Waals surface area contributed by atoms with E-state index in [2.05, 4.69) is 40.5 Å². The van der Waals surface area contributed by atoms with Crippen molar-refractivity contribution in [2.24, 2.45) is 11.8 Å². The minimum absolute atomic E-state index is 0.359. The van der Waals surface area contributed by atoms with Crippen LogP contribution in [0.15, 0.2) is 60.7 Å². The SMILES string of the molecule is OC(COc1ccccc1)CN1C[C@H]2C[C@@H](C1)C2NC1CC1c1ccccc1. The molecule has 4 unspecified atom stereocenters. The first-order valence-corrected chi connectivity index (χ1v) is 10.7. The normalized spacial score (nSPS) is 32.4. The lowest BCUT2D eigenvalue weighted by atomic mass is 9.66. The van der Waals surface area contributed by atoms with Crippen LogP contribution in [-0.4, -0.2) is 54.4 Å². The van der Waals surface area contributed by atoms with Gasteiger partial charge in [-0.2, -0.15) is 0 Å². The standard InChI is InChI=1S/C24H30N2O2/c27-20(16-28-21-9-5-2-6-10-21)15-26-13-18-11-19(14-26)24(18)25-23-12-22(23)17-7-3-1-4-8-17/h1-10,18-20,22-25,27H,11-16H2/t18-,19+,20?,22?,23?,24?. The summed E-state index contributed by atoms with van der Waals surface area (Å²) in [7, 11) is 0. The molecule has 148 valence electrons. The smallest absolute Gasteiger partial charge is 0.119 e. The second-order valence-corrected chi connectivity index (χ2v) is 8.80. The van der Waals surface area contributed by atoms with Gasteiger partial charge in [0.25, 0.3) is 0 Å². The lowest BCUT2D eigenvalue weighted by Gasteiger charge is -2.54. The van der Waals surface area contributed by atoms with Gasteiger partial charge >= 0.3 is 0 Å². The molecule has 4 fully saturated rings. The molecular weight excluding hydrogens is 348 g/mol. The summed E-state index contributed by atoms with van der Waals surface area (Å²) in [5.74, 6) is 3.00. The van der Waals surface area contributed by atoms with Gasteiger partial charge in [-0.15, -0.1) is 0 Å². The van der Waals surface area contributed by atoms with E-state index in [0.717, 1.165) is 30.7 Å². The summed E-state index contributed by atoms with van der Waals surface area (Å²) in [6.07, 6.45) is 2.18. The quantitative estimate of drug-likeness (QED) is 0.741. The largest absolute Gasteiger partial charge is 0.491 e. The Hall–Kier alpha value is -1.88. The van der Waals surface area contributed by atoms with Gasteiger partial charge in [-0.3, -0.25) is 4.90 Å². The number of hydrogen-bond acceptors (Lipinski definition) is 4. The average Bonchev–Trinajstić information content (AvgIpc) is 3.52. The van der Waals surface area contributed by atoms with Crippen LogP contribution < -0.4 is 10.1 Å². The van der Waals surface area contributed by atoms with Crippen molar-refractivity contribution in [2.45, 2.75) is 36.9 Å². The summed E-state index contributed by atoms with van der Waals surface area (Å²) in [5.41, 5.74) is 1.48. The molecule has 2 aliphatic heterocycles. The number of benzene rings is 2. The Bertz CT molecular complexity index is 757. The van der Waals surface area contributed by atoms with Crippen molar-refractivity contribution in [1.82, 2.24) is 10.2 Å². The molecule has 0 aromatic heterocycles. The number of rotatable bonds is 8. The molecule has 2 saturated heterocycles. The van der Waals surface area contributed by atoms with Crippen LogP contribution in [0.1, 0.15) is 24.3 Å². The van der Waals surface area contributed by atoms with E-state index in [9.17, 15) is 5.11 Å². The Morgan fingerprint density at radius 2 is 1.64 bits per heavy atom. The van der Waals surface area contributed by atoms with E-state index in [-0.39, 0.29) is 0 Å². The lowest BCUT2D eigenvalue weighted by molar-refractivity contribution is -0.0379.